The van der Waals surface area contributed by atoms with Crippen molar-refractivity contribution in [2.75, 3.05) is 25.1 Å². The van der Waals surface area contributed by atoms with Crippen LogP contribution in [0.5, 0.6) is 0 Å². The number of aliphatic carboxylic acids is 1. The molecule has 2 atom stereocenters. The van der Waals surface area contributed by atoms with Gasteiger partial charge in [-0.05, 0) is 18.6 Å². The number of carbonyl (C=O) groups excluding carboxylic acids is 1. The lowest BCUT2D eigenvalue weighted by Crippen LogP contribution is -2.46. The summed E-state index contributed by atoms with van der Waals surface area (Å²) in [5.41, 5.74) is 1.64. The number of hydrogen-bond acceptors (Lipinski definition) is 3. The fourth-order valence-electron chi connectivity index (χ4n) is 2.56. The fraction of sp³-hybridized carbons (Fsp3) is 0.467. The molecule has 114 valence electrons. The van der Waals surface area contributed by atoms with Gasteiger partial charge in [0.2, 0.25) is 0 Å². The third-order valence-electron chi connectivity index (χ3n) is 3.95. The topological polar surface area (TPSA) is 81.1 Å². The zero-order valence-electron chi connectivity index (χ0n) is 12.2. The van der Waals surface area contributed by atoms with Crippen molar-refractivity contribution in [1.29, 1.82) is 0 Å². The van der Waals surface area contributed by atoms with E-state index in [2.05, 4.69) is 0 Å². The minimum absolute atomic E-state index is 0.0000607. The lowest BCUT2D eigenvalue weighted by atomic mass is 9.98. The van der Waals surface area contributed by atoms with E-state index in [1.54, 1.807) is 18.9 Å². The van der Waals surface area contributed by atoms with Crippen molar-refractivity contribution in [3.8, 4) is 0 Å². The van der Waals surface area contributed by atoms with Crippen molar-refractivity contribution in [2.24, 2.45) is 0 Å². The van der Waals surface area contributed by atoms with Gasteiger partial charge in [-0.3, -0.25) is 9.69 Å². The molecule has 1 aromatic carbocycles. The van der Waals surface area contributed by atoms with Crippen LogP contribution in [0.25, 0.3) is 0 Å². The van der Waals surface area contributed by atoms with Crippen LogP contribution >= 0.6 is 0 Å². The van der Waals surface area contributed by atoms with Gasteiger partial charge < -0.3 is 15.1 Å². The summed E-state index contributed by atoms with van der Waals surface area (Å²) < 4.78 is 0. The Morgan fingerprint density at radius 3 is 2.71 bits per heavy atom. The highest BCUT2D eigenvalue weighted by Crippen LogP contribution is 2.38. The Morgan fingerprint density at radius 2 is 2.10 bits per heavy atom. The maximum Gasteiger partial charge on any atom is 0.324 e. The number of carbonyl (C=O) groups is 2. The van der Waals surface area contributed by atoms with Crippen LogP contribution in [0.2, 0.25) is 0 Å². The minimum atomic E-state index is -0.874. The Kier molecular flexibility index (Phi) is 4.47. The number of aliphatic hydroxyl groups is 1. The van der Waals surface area contributed by atoms with Gasteiger partial charge >= 0.3 is 12.0 Å². The lowest BCUT2D eigenvalue weighted by molar-refractivity contribution is -0.137. The van der Waals surface area contributed by atoms with Crippen LogP contribution in [0.15, 0.2) is 24.3 Å². The molecule has 1 aliphatic rings. The van der Waals surface area contributed by atoms with E-state index in [0.717, 1.165) is 11.3 Å². The van der Waals surface area contributed by atoms with Crippen molar-refractivity contribution < 1.29 is 19.8 Å². The average Bonchev–Trinajstić information content (AvgIpc) is 2.83. The molecule has 2 amide bonds. The molecule has 0 bridgehead atoms. The number of carboxylic acid groups (broad SMARTS) is 1. The first kappa shape index (κ1) is 15.3. The van der Waals surface area contributed by atoms with Crippen LogP contribution in [0.3, 0.4) is 0 Å². The predicted molar refractivity (Wildman–Crippen MR) is 78.5 cm³/mol. The van der Waals surface area contributed by atoms with Gasteiger partial charge in [-0.1, -0.05) is 18.2 Å². The summed E-state index contributed by atoms with van der Waals surface area (Å²) in [5.74, 6) is -1.07. The number of hydrogen-bond donors (Lipinski definition) is 2. The monoisotopic (exact) mass is 292 g/mol. The number of carboxylic acids is 1. The van der Waals surface area contributed by atoms with Crippen molar-refractivity contribution in [3.63, 3.8) is 0 Å². The maximum absolute atomic E-state index is 12.5. The molecular formula is C15H20N2O4. The summed E-state index contributed by atoms with van der Waals surface area (Å²) in [6.45, 7) is 2.00. The number of fused-ring (bicyclic) bond motifs is 1. The molecule has 6 heteroatoms. The highest BCUT2D eigenvalue weighted by atomic mass is 16.4. The van der Waals surface area contributed by atoms with Gasteiger partial charge in [-0.2, -0.15) is 0 Å². The Bertz CT molecular complexity index is 546. The molecule has 0 saturated carbocycles. The Hall–Kier alpha value is -2.08. The second kappa shape index (κ2) is 6.13. The molecule has 2 unspecified atom stereocenters. The molecule has 2 N–H and O–H groups in total. The maximum atomic E-state index is 12.5. The zero-order chi connectivity index (χ0) is 15.6. The minimum Gasteiger partial charge on any atom is -0.481 e. The third kappa shape index (κ3) is 3.00. The van der Waals surface area contributed by atoms with Gasteiger partial charge in [0.05, 0.1) is 19.1 Å². The number of para-hydroxylation sites is 1. The molecule has 6 nitrogen and oxygen atoms in total. The number of rotatable bonds is 4. The lowest BCUT2D eigenvalue weighted by Gasteiger charge is -2.29. The molecular weight excluding hydrogens is 272 g/mol. The standard InChI is InChI=1S/C15H20N2O4/c1-10(9-18)16(2)15(21)17-8-11(7-14(19)20)12-5-3-4-6-13(12)17/h3-6,10-11,18H,7-9H2,1-2H3,(H,19,20). The SMILES string of the molecule is CC(CO)N(C)C(=O)N1CC(CC(=O)O)c2ccccc21. The first-order valence-corrected chi connectivity index (χ1v) is 6.91. The van der Waals surface area contributed by atoms with Crippen molar-refractivity contribution >= 4 is 17.7 Å². The molecule has 0 aromatic heterocycles. The molecule has 1 aliphatic heterocycles. The number of nitrogens with zero attached hydrogens (tertiary/aromatic N) is 2. The van der Waals surface area contributed by atoms with E-state index >= 15 is 0 Å². The number of urea groups is 1. The Morgan fingerprint density at radius 1 is 1.43 bits per heavy atom. The van der Waals surface area contributed by atoms with Crippen molar-refractivity contribution in [1.82, 2.24) is 4.90 Å². The molecule has 0 spiro atoms. The summed E-state index contributed by atoms with van der Waals surface area (Å²) in [6.07, 6.45) is 0.0000607. The van der Waals surface area contributed by atoms with Crippen molar-refractivity contribution in [3.05, 3.63) is 29.8 Å². The molecule has 0 saturated heterocycles. The van der Waals surface area contributed by atoms with Crippen LogP contribution in [-0.2, 0) is 4.79 Å². The molecule has 21 heavy (non-hydrogen) atoms. The van der Waals surface area contributed by atoms with E-state index in [1.165, 1.54) is 4.90 Å². The van der Waals surface area contributed by atoms with Crippen LogP contribution in [0.1, 0.15) is 24.8 Å². The van der Waals surface area contributed by atoms with Gasteiger partial charge in [0.15, 0.2) is 0 Å². The molecule has 1 aromatic rings. The van der Waals surface area contributed by atoms with Crippen LogP contribution in [0.4, 0.5) is 10.5 Å². The average molecular weight is 292 g/mol. The summed E-state index contributed by atoms with van der Waals surface area (Å²) >= 11 is 0. The predicted octanol–water partition coefficient (Wildman–Crippen LogP) is 1.50. The van der Waals surface area contributed by atoms with E-state index in [4.69, 9.17) is 5.11 Å². The number of likely N-dealkylation sites (N-methyl/N-ethyl adjacent to an activating group) is 1. The summed E-state index contributed by atoms with van der Waals surface area (Å²) in [6, 6.07) is 6.86. The van der Waals surface area contributed by atoms with Gasteiger partial charge in [-0.25, -0.2) is 4.79 Å². The fourth-order valence-corrected chi connectivity index (χ4v) is 2.56. The van der Waals surface area contributed by atoms with Gasteiger partial charge in [0.25, 0.3) is 0 Å². The number of amides is 2. The van der Waals surface area contributed by atoms with Crippen LogP contribution in [-0.4, -0.2) is 53.4 Å². The molecule has 2 rings (SSSR count). The van der Waals surface area contributed by atoms with Gasteiger partial charge in [0.1, 0.15) is 0 Å². The van der Waals surface area contributed by atoms with E-state index in [1.807, 2.05) is 24.3 Å². The Labute approximate surface area is 123 Å². The van der Waals surface area contributed by atoms with Crippen LogP contribution in [0, 0.1) is 0 Å². The first-order chi connectivity index (χ1) is 9.95. The molecule has 0 radical (unpaired) electrons. The highest BCUT2D eigenvalue weighted by Gasteiger charge is 2.35. The normalized spacial score (nSPS) is 18.2. The Balaban J connectivity index is 2.26. The first-order valence-electron chi connectivity index (χ1n) is 6.91. The molecule has 1 heterocycles. The zero-order valence-corrected chi connectivity index (χ0v) is 12.2. The number of aliphatic hydroxyl groups excluding tert-OH is 1. The van der Waals surface area contributed by atoms with Crippen LogP contribution < -0.4 is 4.90 Å². The van der Waals surface area contributed by atoms with E-state index in [-0.39, 0.29) is 31.0 Å². The summed E-state index contributed by atoms with van der Waals surface area (Å²) in [5, 5.41) is 18.2. The van der Waals surface area contributed by atoms with E-state index in [9.17, 15) is 14.7 Å². The number of benzene rings is 1. The molecule has 0 fully saturated rings. The largest absolute Gasteiger partial charge is 0.481 e. The van der Waals surface area contributed by atoms with Gasteiger partial charge in [0, 0.05) is 25.2 Å². The van der Waals surface area contributed by atoms with Gasteiger partial charge in [-0.15, -0.1) is 0 Å². The highest BCUT2D eigenvalue weighted by molar-refractivity contribution is 5.95. The second-order valence-corrected chi connectivity index (χ2v) is 5.39. The second-order valence-electron chi connectivity index (χ2n) is 5.39. The molecule has 0 aliphatic carbocycles. The number of anilines is 1. The van der Waals surface area contributed by atoms with Crippen molar-refractivity contribution in [2.45, 2.75) is 25.3 Å². The summed E-state index contributed by atoms with van der Waals surface area (Å²) in [4.78, 5) is 26.6. The smallest absolute Gasteiger partial charge is 0.324 e. The van der Waals surface area contributed by atoms with E-state index < -0.39 is 5.97 Å². The third-order valence-corrected chi connectivity index (χ3v) is 3.95. The quantitative estimate of drug-likeness (QED) is 0.881. The van der Waals surface area contributed by atoms with E-state index in [0.29, 0.717) is 6.54 Å². The summed E-state index contributed by atoms with van der Waals surface area (Å²) in [7, 11) is 1.64.